The molecular formula is C16H25N3O. The Morgan fingerprint density at radius 1 is 1.40 bits per heavy atom. The Morgan fingerprint density at radius 2 is 2.10 bits per heavy atom. The molecule has 1 aliphatic rings. The Kier molecular flexibility index (Phi) is 4.78. The smallest absolute Gasteiger partial charge is 0.238 e. The summed E-state index contributed by atoms with van der Waals surface area (Å²) in [4.78, 5) is 16.3. The fourth-order valence-corrected chi connectivity index (χ4v) is 2.49. The molecule has 1 amide bonds. The number of hydrogen-bond donors (Lipinski definition) is 1. The zero-order chi connectivity index (χ0) is 14.7. The summed E-state index contributed by atoms with van der Waals surface area (Å²) in [6, 6.07) is 8.76. The van der Waals surface area contributed by atoms with Gasteiger partial charge in [0.15, 0.2) is 0 Å². The predicted molar refractivity (Wildman–Crippen MR) is 81.4 cm³/mol. The van der Waals surface area contributed by atoms with Crippen molar-refractivity contribution in [1.29, 1.82) is 0 Å². The molecule has 0 aromatic heterocycles. The van der Waals surface area contributed by atoms with Crippen LogP contribution in [-0.4, -0.2) is 48.4 Å². The molecule has 1 aromatic rings. The van der Waals surface area contributed by atoms with Gasteiger partial charge in [-0.2, -0.15) is 0 Å². The Bertz CT molecular complexity index is 473. The molecule has 20 heavy (non-hydrogen) atoms. The third-order valence-electron chi connectivity index (χ3n) is 4.14. The predicted octanol–water partition coefficient (Wildman–Crippen LogP) is 1.77. The number of nitrogens with one attached hydrogen (secondary N) is 1. The van der Waals surface area contributed by atoms with Gasteiger partial charge in [-0.3, -0.25) is 10.1 Å². The van der Waals surface area contributed by atoms with Gasteiger partial charge in [-0.05, 0) is 38.9 Å². The van der Waals surface area contributed by atoms with Crippen molar-refractivity contribution in [2.24, 2.45) is 0 Å². The van der Waals surface area contributed by atoms with Crippen LogP contribution < -0.4 is 5.32 Å². The minimum Gasteiger partial charge on any atom is -0.321 e. The van der Waals surface area contributed by atoms with E-state index in [9.17, 15) is 4.79 Å². The van der Waals surface area contributed by atoms with Crippen molar-refractivity contribution in [2.75, 3.05) is 26.7 Å². The highest BCUT2D eigenvalue weighted by atomic mass is 16.2. The second-order valence-corrected chi connectivity index (χ2v) is 5.80. The van der Waals surface area contributed by atoms with E-state index in [0.29, 0.717) is 12.6 Å². The molecule has 1 aliphatic heterocycles. The van der Waals surface area contributed by atoms with E-state index < -0.39 is 0 Å². The number of benzene rings is 1. The molecule has 4 nitrogen and oxygen atoms in total. The van der Waals surface area contributed by atoms with Crippen LogP contribution in [0.4, 0.5) is 0 Å². The molecule has 0 aliphatic carbocycles. The van der Waals surface area contributed by atoms with Crippen LogP contribution in [0.3, 0.4) is 0 Å². The van der Waals surface area contributed by atoms with Gasteiger partial charge in [0.25, 0.3) is 0 Å². The molecule has 0 saturated carbocycles. The average Bonchev–Trinajstić information content (AvgIpc) is 2.77. The molecule has 1 N–H and O–H groups in total. The van der Waals surface area contributed by atoms with Gasteiger partial charge in [0.1, 0.15) is 6.17 Å². The van der Waals surface area contributed by atoms with Crippen molar-refractivity contribution < 1.29 is 4.79 Å². The normalized spacial score (nSPS) is 19.4. The molecule has 0 bridgehead atoms. The molecule has 1 unspecified atom stereocenters. The number of aryl methyl sites for hydroxylation is 1. The maximum Gasteiger partial charge on any atom is 0.238 e. The number of nitrogens with zero attached hydrogens (tertiary/aromatic N) is 2. The zero-order valence-electron chi connectivity index (χ0n) is 12.9. The van der Waals surface area contributed by atoms with Crippen molar-refractivity contribution >= 4 is 5.91 Å². The van der Waals surface area contributed by atoms with Gasteiger partial charge in [0.2, 0.25) is 5.91 Å². The third kappa shape index (κ3) is 3.19. The summed E-state index contributed by atoms with van der Waals surface area (Å²) in [6.07, 6.45) is 0.0178. The summed E-state index contributed by atoms with van der Waals surface area (Å²) in [5, 5.41) is 3.32. The van der Waals surface area contributed by atoms with Gasteiger partial charge >= 0.3 is 0 Å². The van der Waals surface area contributed by atoms with Crippen LogP contribution in [0.15, 0.2) is 24.3 Å². The van der Waals surface area contributed by atoms with E-state index >= 15 is 0 Å². The maximum atomic E-state index is 12.1. The largest absolute Gasteiger partial charge is 0.321 e. The standard InChI is InChI=1S/C16H25N3O/c1-12(2)18(4)9-10-19-15(20)11-17-16(19)14-8-6-5-7-13(14)3/h5-8,12,16-17H,9-11H2,1-4H3. The Balaban J connectivity index is 2.09. The zero-order valence-corrected chi connectivity index (χ0v) is 12.9. The minimum atomic E-state index is 0.0178. The van der Waals surface area contributed by atoms with E-state index in [1.165, 1.54) is 11.1 Å². The molecule has 2 rings (SSSR count). The summed E-state index contributed by atoms with van der Waals surface area (Å²) in [5.41, 5.74) is 2.42. The van der Waals surface area contributed by atoms with Crippen LogP contribution in [0.2, 0.25) is 0 Å². The van der Waals surface area contributed by atoms with Crippen molar-refractivity contribution in [3.8, 4) is 0 Å². The monoisotopic (exact) mass is 275 g/mol. The van der Waals surface area contributed by atoms with Crippen LogP contribution in [0.5, 0.6) is 0 Å². The van der Waals surface area contributed by atoms with E-state index in [0.717, 1.165) is 13.1 Å². The number of amides is 1. The number of likely N-dealkylation sites (N-methyl/N-ethyl adjacent to an activating group) is 1. The highest BCUT2D eigenvalue weighted by molar-refractivity contribution is 5.81. The van der Waals surface area contributed by atoms with E-state index in [1.807, 2.05) is 17.0 Å². The van der Waals surface area contributed by atoms with Crippen LogP contribution in [-0.2, 0) is 4.79 Å². The first-order valence-electron chi connectivity index (χ1n) is 7.29. The second-order valence-electron chi connectivity index (χ2n) is 5.80. The fourth-order valence-electron chi connectivity index (χ4n) is 2.49. The van der Waals surface area contributed by atoms with E-state index in [-0.39, 0.29) is 12.1 Å². The van der Waals surface area contributed by atoms with E-state index in [1.54, 1.807) is 0 Å². The lowest BCUT2D eigenvalue weighted by Crippen LogP contribution is -2.39. The van der Waals surface area contributed by atoms with Crippen molar-refractivity contribution in [2.45, 2.75) is 33.0 Å². The van der Waals surface area contributed by atoms with Gasteiger partial charge in [0, 0.05) is 19.1 Å². The molecule has 0 spiro atoms. The van der Waals surface area contributed by atoms with E-state index in [4.69, 9.17) is 0 Å². The van der Waals surface area contributed by atoms with Gasteiger partial charge in [-0.25, -0.2) is 0 Å². The van der Waals surface area contributed by atoms with E-state index in [2.05, 4.69) is 50.2 Å². The maximum absolute atomic E-state index is 12.1. The van der Waals surface area contributed by atoms with Crippen LogP contribution >= 0.6 is 0 Å². The molecule has 1 atom stereocenters. The minimum absolute atomic E-state index is 0.0178. The molecule has 1 fully saturated rings. The quantitative estimate of drug-likeness (QED) is 0.889. The second kappa shape index (κ2) is 6.37. The first-order valence-corrected chi connectivity index (χ1v) is 7.29. The third-order valence-corrected chi connectivity index (χ3v) is 4.14. The van der Waals surface area contributed by atoms with Crippen LogP contribution in [0, 0.1) is 6.92 Å². The summed E-state index contributed by atoms with van der Waals surface area (Å²) in [7, 11) is 2.10. The van der Waals surface area contributed by atoms with Crippen molar-refractivity contribution in [3.05, 3.63) is 35.4 Å². The lowest BCUT2D eigenvalue weighted by Gasteiger charge is -2.29. The Hall–Kier alpha value is -1.39. The summed E-state index contributed by atoms with van der Waals surface area (Å²) in [5.74, 6) is 0.190. The lowest BCUT2D eigenvalue weighted by atomic mass is 10.1. The molecule has 110 valence electrons. The molecule has 1 heterocycles. The van der Waals surface area contributed by atoms with Gasteiger partial charge in [-0.1, -0.05) is 24.3 Å². The highest BCUT2D eigenvalue weighted by Crippen LogP contribution is 2.24. The number of hydrogen-bond acceptors (Lipinski definition) is 3. The van der Waals surface area contributed by atoms with Crippen LogP contribution in [0.25, 0.3) is 0 Å². The Labute approximate surface area is 121 Å². The Morgan fingerprint density at radius 3 is 2.75 bits per heavy atom. The molecule has 1 aromatic carbocycles. The van der Waals surface area contributed by atoms with Crippen LogP contribution in [0.1, 0.15) is 31.1 Å². The molecule has 0 radical (unpaired) electrons. The summed E-state index contributed by atoms with van der Waals surface area (Å²) in [6.45, 7) is 8.53. The first-order chi connectivity index (χ1) is 9.50. The average molecular weight is 275 g/mol. The molecule has 4 heteroatoms. The molecular weight excluding hydrogens is 250 g/mol. The first kappa shape index (κ1) is 15.0. The fraction of sp³-hybridized carbons (Fsp3) is 0.562. The van der Waals surface area contributed by atoms with Gasteiger partial charge < -0.3 is 9.80 Å². The SMILES string of the molecule is Cc1ccccc1C1NCC(=O)N1CCN(C)C(C)C. The lowest BCUT2D eigenvalue weighted by molar-refractivity contribution is -0.128. The van der Waals surface area contributed by atoms with Gasteiger partial charge in [0.05, 0.1) is 6.54 Å². The highest BCUT2D eigenvalue weighted by Gasteiger charge is 2.32. The number of rotatable bonds is 5. The number of carbonyl (C=O) groups excluding carboxylic acids is 1. The molecule has 1 saturated heterocycles. The van der Waals surface area contributed by atoms with Crippen molar-refractivity contribution in [3.63, 3.8) is 0 Å². The summed E-state index contributed by atoms with van der Waals surface area (Å²) < 4.78 is 0. The summed E-state index contributed by atoms with van der Waals surface area (Å²) >= 11 is 0. The van der Waals surface area contributed by atoms with Gasteiger partial charge in [-0.15, -0.1) is 0 Å². The number of carbonyl (C=O) groups is 1. The topological polar surface area (TPSA) is 35.6 Å². The van der Waals surface area contributed by atoms with Crippen molar-refractivity contribution in [1.82, 2.24) is 15.1 Å².